The van der Waals surface area contributed by atoms with E-state index >= 15 is 0 Å². The van der Waals surface area contributed by atoms with Crippen molar-refractivity contribution in [1.82, 2.24) is 0 Å². The fourth-order valence-corrected chi connectivity index (χ4v) is 1.49. The molecule has 1 aromatic carbocycles. The number of halogens is 1. The minimum atomic E-state index is -0.323. The maximum atomic E-state index is 11.7. The number of aliphatic hydroxyl groups excluding tert-OH is 1. The monoisotopic (exact) mass is 270 g/mol. The predicted molar refractivity (Wildman–Crippen MR) is 60.5 cm³/mol. The van der Waals surface area contributed by atoms with E-state index in [1.807, 2.05) is 0 Å². The molecule has 0 saturated carbocycles. The van der Waals surface area contributed by atoms with Gasteiger partial charge in [0.15, 0.2) is 12.1 Å². The first kappa shape index (κ1) is 12.1. The zero-order valence-corrected chi connectivity index (χ0v) is 9.82. The summed E-state index contributed by atoms with van der Waals surface area (Å²) in [7, 11) is 0. The lowest BCUT2D eigenvalue weighted by Crippen LogP contribution is -2.12. The zero-order chi connectivity index (χ0) is 11.4. The van der Waals surface area contributed by atoms with E-state index in [9.17, 15) is 9.59 Å². The van der Waals surface area contributed by atoms with E-state index in [0.717, 1.165) is 0 Å². The quantitative estimate of drug-likeness (QED) is 0.517. The minimum absolute atomic E-state index is 0.137. The Hall–Kier alpha value is -1.00. The molecule has 0 fully saturated rings. The van der Waals surface area contributed by atoms with Gasteiger partial charge in [0, 0.05) is 11.1 Å². The van der Waals surface area contributed by atoms with Gasteiger partial charge in [-0.15, -0.1) is 0 Å². The molecule has 0 aliphatic carbocycles. The van der Waals surface area contributed by atoms with Crippen LogP contribution in [0.2, 0.25) is 0 Å². The fourth-order valence-electron chi connectivity index (χ4n) is 1.25. The van der Waals surface area contributed by atoms with Crippen LogP contribution >= 0.6 is 15.9 Å². The Kier molecular flexibility index (Phi) is 4.17. The molecule has 0 radical (unpaired) electrons. The Labute approximate surface area is 96.2 Å². The molecule has 1 aromatic rings. The van der Waals surface area contributed by atoms with Gasteiger partial charge in [0.2, 0.25) is 0 Å². The molecule has 0 heterocycles. The Bertz CT molecular complexity index is 385. The van der Waals surface area contributed by atoms with E-state index in [1.165, 1.54) is 6.07 Å². The lowest BCUT2D eigenvalue weighted by Gasteiger charge is -2.07. The third-order valence-corrected chi connectivity index (χ3v) is 2.47. The average molecular weight is 271 g/mol. The standard InChI is InChI=1S/C11H11BrO3/c1-7(12)11(15)10-3-2-8(5-13)4-9(10)6-14/h2-4,6-7,13H,5H2,1H3. The Morgan fingerprint density at radius 2 is 2.27 bits per heavy atom. The van der Waals surface area contributed by atoms with Crippen molar-refractivity contribution in [1.29, 1.82) is 0 Å². The van der Waals surface area contributed by atoms with Gasteiger partial charge in [-0.2, -0.15) is 0 Å². The van der Waals surface area contributed by atoms with Gasteiger partial charge >= 0.3 is 0 Å². The van der Waals surface area contributed by atoms with Crippen LogP contribution in [-0.2, 0) is 6.61 Å². The van der Waals surface area contributed by atoms with Crippen molar-refractivity contribution in [3.8, 4) is 0 Å². The van der Waals surface area contributed by atoms with Crippen LogP contribution in [-0.4, -0.2) is 22.0 Å². The summed E-state index contributed by atoms with van der Waals surface area (Å²) in [4.78, 5) is 22.1. The van der Waals surface area contributed by atoms with E-state index < -0.39 is 0 Å². The second kappa shape index (κ2) is 5.19. The van der Waals surface area contributed by atoms with E-state index in [-0.39, 0.29) is 17.2 Å². The molecule has 1 rings (SSSR count). The van der Waals surface area contributed by atoms with Crippen molar-refractivity contribution in [3.63, 3.8) is 0 Å². The maximum Gasteiger partial charge on any atom is 0.176 e. The van der Waals surface area contributed by atoms with Crippen LogP contribution in [0, 0.1) is 0 Å². The molecule has 3 nitrogen and oxygen atoms in total. The second-order valence-electron chi connectivity index (χ2n) is 3.18. The van der Waals surface area contributed by atoms with Crippen molar-refractivity contribution in [2.24, 2.45) is 0 Å². The number of carbonyl (C=O) groups is 2. The van der Waals surface area contributed by atoms with Gasteiger partial charge in [-0.1, -0.05) is 28.1 Å². The second-order valence-corrected chi connectivity index (χ2v) is 4.55. The van der Waals surface area contributed by atoms with E-state index in [2.05, 4.69) is 15.9 Å². The summed E-state index contributed by atoms with van der Waals surface area (Å²) in [5.41, 5.74) is 1.32. The van der Waals surface area contributed by atoms with Crippen LogP contribution in [0.3, 0.4) is 0 Å². The topological polar surface area (TPSA) is 54.4 Å². The molecule has 0 aliphatic rings. The van der Waals surface area contributed by atoms with Gasteiger partial charge in [0.05, 0.1) is 11.4 Å². The van der Waals surface area contributed by atoms with Gasteiger partial charge in [0.1, 0.15) is 0 Å². The summed E-state index contributed by atoms with van der Waals surface area (Å²) in [5.74, 6) is -0.137. The molecule has 80 valence electrons. The number of Topliss-reactive ketones (excluding diaryl/α,β-unsaturated/α-hetero) is 1. The third kappa shape index (κ3) is 2.73. The zero-order valence-electron chi connectivity index (χ0n) is 8.24. The number of alkyl halides is 1. The highest BCUT2D eigenvalue weighted by molar-refractivity contribution is 9.10. The molecule has 0 aliphatic heterocycles. The molecule has 1 atom stereocenters. The average Bonchev–Trinajstić information content (AvgIpc) is 2.27. The van der Waals surface area contributed by atoms with Crippen LogP contribution < -0.4 is 0 Å². The maximum absolute atomic E-state index is 11.7. The molecular formula is C11H11BrO3. The Morgan fingerprint density at radius 3 is 2.73 bits per heavy atom. The van der Waals surface area contributed by atoms with Crippen LogP contribution in [0.5, 0.6) is 0 Å². The van der Waals surface area contributed by atoms with Crippen LogP contribution in [0.15, 0.2) is 18.2 Å². The molecule has 1 unspecified atom stereocenters. The van der Waals surface area contributed by atoms with Crippen molar-refractivity contribution in [2.75, 3.05) is 0 Å². The van der Waals surface area contributed by atoms with Crippen LogP contribution in [0.1, 0.15) is 33.2 Å². The van der Waals surface area contributed by atoms with E-state index in [4.69, 9.17) is 5.11 Å². The van der Waals surface area contributed by atoms with Gasteiger partial charge in [-0.25, -0.2) is 0 Å². The molecule has 0 saturated heterocycles. The number of benzene rings is 1. The smallest absolute Gasteiger partial charge is 0.176 e. The Balaban J connectivity index is 3.19. The lowest BCUT2D eigenvalue weighted by molar-refractivity contribution is 0.0989. The SMILES string of the molecule is CC(Br)C(=O)c1ccc(CO)cc1C=O. The van der Waals surface area contributed by atoms with Crippen LogP contribution in [0.4, 0.5) is 0 Å². The summed E-state index contributed by atoms with van der Waals surface area (Å²) >= 11 is 3.16. The summed E-state index contributed by atoms with van der Waals surface area (Å²) in [5, 5.41) is 8.89. The van der Waals surface area contributed by atoms with Crippen molar-refractivity contribution in [3.05, 3.63) is 34.9 Å². The molecule has 4 heteroatoms. The normalized spacial score (nSPS) is 12.2. The highest BCUT2D eigenvalue weighted by Crippen LogP contribution is 2.15. The van der Waals surface area contributed by atoms with Gasteiger partial charge in [-0.05, 0) is 18.6 Å². The minimum Gasteiger partial charge on any atom is -0.392 e. The van der Waals surface area contributed by atoms with Gasteiger partial charge in [-0.3, -0.25) is 9.59 Å². The van der Waals surface area contributed by atoms with Crippen molar-refractivity contribution >= 4 is 28.0 Å². The molecule has 0 bridgehead atoms. The summed E-state index contributed by atoms with van der Waals surface area (Å²) in [6.45, 7) is 1.57. The molecular weight excluding hydrogens is 260 g/mol. The van der Waals surface area contributed by atoms with E-state index in [1.54, 1.807) is 19.1 Å². The number of aldehydes is 1. The van der Waals surface area contributed by atoms with E-state index in [0.29, 0.717) is 23.0 Å². The summed E-state index contributed by atoms with van der Waals surface area (Å²) in [6.07, 6.45) is 0.627. The van der Waals surface area contributed by atoms with Gasteiger partial charge < -0.3 is 5.11 Å². The summed E-state index contributed by atoms with van der Waals surface area (Å²) < 4.78 is 0. The lowest BCUT2D eigenvalue weighted by atomic mass is 10.0. The number of carbonyl (C=O) groups excluding carboxylic acids is 2. The highest BCUT2D eigenvalue weighted by atomic mass is 79.9. The van der Waals surface area contributed by atoms with Crippen LogP contribution in [0.25, 0.3) is 0 Å². The molecule has 0 aromatic heterocycles. The molecule has 1 N–H and O–H groups in total. The first-order valence-electron chi connectivity index (χ1n) is 4.47. The number of hydrogen-bond donors (Lipinski definition) is 1. The number of rotatable bonds is 4. The molecule has 0 amide bonds. The number of ketones is 1. The third-order valence-electron chi connectivity index (χ3n) is 2.05. The first-order valence-corrected chi connectivity index (χ1v) is 5.39. The number of aliphatic hydroxyl groups is 1. The Morgan fingerprint density at radius 1 is 1.60 bits per heavy atom. The van der Waals surface area contributed by atoms with Crippen molar-refractivity contribution in [2.45, 2.75) is 18.4 Å². The molecule has 0 spiro atoms. The fraction of sp³-hybridized carbons (Fsp3) is 0.273. The van der Waals surface area contributed by atoms with Crippen molar-refractivity contribution < 1.29 is 14.7 Å². The predicted octanol–water partition coefficient (Wildman–Crippen LogP) is 1.96. The first-order chi connectivity index (χ1) is 7.10. The largest absolute Gasteiger partial charge is 0.392 e. The highest BCUT2D eigenvalue weighted by Gasteiger charge is 2.15. The number of hydrogen-bond acceptors (Lipinski definition) is 3. The molecule has 15 heavy (non-hydrogen) atoms. The van der Waals surface area contributed by atoms with Gasteiger partial charge in [0.25, 0.3) is 0 Å². The summed E-state index contributed by atoms with van der Waals surface area (Å²) in [6, 6.07) is 4.72.